The van der Waals surface area contributed by atoms with Crippen LogP contribution in [0.5, 0.6) is 0 Å². The number of carbonyl (C=O) groups excluding carboxylic acids is 2. The van der Waals surface area contributed by atoms with Crippen LogP contribution in [0, 0.1) is 13.8 Å². The van der Waals surface area contributed by atoms with E-state index in [1.54, 1.807) is 0 Å². The molecule has 0 unspecified atom stereocenters. The number of nitrogens with one attached hydrogen (secondary N) is 1. The molecule has 0 aliphatic rings. The lowest BCUT2D eigenvalue weighted by molar-refractivity contribution is -0.138. The van der Waals surface area contributed by atoms with Crippen molar-refractivity contribution in [2.45, 2.75) is 34.2 Å². The van der Waals surface area contributed by atoms with Crippen LogP contribution in [0.15, 0.2) is 59.4 Å². The Balaban J connectivity index is 1.80. The molecule has 0 amide bonds. The predicted octanol–water partition coefficient (Wildman–Crippen LogP) is 6.13. The van der Waals surface area contributed by atoms with E-state index >= 15 is 0 Å². The number of rotatable bonds is 5. The van der Waals surface area contributed by atoms with Crippen LogP contribution in [0.25, 0.3) is 31.9 Å². The fraction of sp³-hybridized carbons (Fsp3) is 0.179. The number of anilines is 1. The van der Waals surface area contributed by atoms with Crippen molar-refractivity contribution in [1.29, 1.82) is 0 Å². The first-order chi connectivity index (χ1) is 16.8. The van der Waals surface area contributed by atoms with Gasteiger partial charge in [0.1, 0.15) is 5.69 Å². The van der Waals surface area contributed by atoms with Gasteiger partial charge in [-0.2, -0.15) is 0 Å². The second kappa shape index (κ2) is 8.67. The molecule has 0 fully saturated rings. The van der Waals surface area contributed by atoms with Gasteiger partial charge in [0.15, 0.2) is 5.78 Å². The first kappa shape index (κ1) is 22.8. The first-order valence-corrected chi connectivity index (χ1v) is 12.2. The average molecular weight is 485 g/mol. The van der Waals surface area contributed by atoms with Crippen LogP contribution in [-0.2, 0) is 16.2 Å². The van der Waals surface area contributed by atoms with Crippen LogP contribution in [0.2, 0.25) is 0 Å². The lowest BCUT2D eigenvalue weighted by Crippen LogP contribution is -2.15. The van der Waals surface area contributed by atoms with Gasteiger partial charge in [-0.15, -0.1) is 11.3 Å². The molecule has 0 aliphatic heterocycles. The van der Waals surface area contributed by atoms with Crippen LogP contribution >= 0.6 is 11.3 Å². The molecule has 5 aromatic rings. The Labute approximate surface area is 205 Å². The van der Waals surface area contributed by atoms with Gasteiger partial charge in [-0.25, -0.2) is 5.48 Å². The molecule has 6 nitrogen and oxygen atoms in total. The summed E-state index contributed by atoms with van der Waals surface area (Å²) in [5, 5.41) is 2.42. The smallest absolute Gasteiger partial charge is 0.329 e. The van der Waals surface area contributed by atoms with Gasteiger partial charge in [-0.05, 0) is 56.7 Å². The summed E-state index contributed by atoms with van der Waals surface area (Å²) in [4.78, 5) is 43.5. The largest absolute Gasteiger partial charge is 0.344 e. The Morgan fingerprint density at radius 1 is 1.00 bits per heavy atom. The Morgan fingerprint density at radius 3 is 2.46 bits per heavy atom. The third kappa shape index (κ3) is 3.68. The second-order valence-electron chi connectivity index (χ2n) is 8.51. The molecule has 2 aromatic heterocycles. The van der Waals surface area contributed by atoms with Crippen LogP contribution in [0.1, 0.15) is 40.2 Å². The van der Waals surface area contributed by atoms with Gasteiger partial charge in [0.2, 0.25) is 5.43 Å². The molecular weight excluding hydrogens is 460 g/mol. The van der Waals surface area contributed by atoms with Gasteiger partial charge < -0.3 is 9.40 Å². The SMILES string of the molecule is CCn1c2ccc(C(=O)c3ccccc3C)cc2c2c3sc(C)c(NOC(C)=O)c(=O)c3ccc21. The van der Waals surface area contributed by atoms with E-state index < -0.39 is 5.97 Å². The Bertz CT molecular complexity index is 1730. The van der Waals surface area contributed by atoms with Gasteiger partial charge in [0.05, 0.1) is 5.52 Å². The number of aromatic nitrogens is 1. The standard InChI is InChI=1S/C28H24N2O4S/c1-5-30-22-12-10-18(26(32)19-9-7-6-8-15(19)2)14-21(22)24-23(30)13-11-20-27(33)25(29-34-17(4)31)16(3)35-28(20)24/h6-14,29H,5H2,1-4H3. The highest BCUT2D eigenvalue weighted by Gasteiger charge is 2.20. The fourth-order valence-corrected chi connectivity index (χ4v) is 5.78. The number of nitrogens with zero attached hydrogens (tertiary/aromatic N) is 1. The highest BCUT2D eigenvalue weighted by molar-refractivity contribution is 7.19. The van der Waals surface area contributed by atoms with Crippen molar-refractivity contribution in [3.05, 3.63) is 86.4 Å². The lowest BCUT2D eigenvalue weighted by atomic mass is 9.98. The summed E-state index contributed by atoms with van der Waals surface area (Å²) in [5.74, 6) is -0.555. The van der Waals surface area contributed by atoms with Crippen LogP contribution in [-0.4, -0.2) is 16.3 Å². The maximum atomic E-state index is 13.4. The van der Waals surface area contributed by atoms with E-state index in [0.717, 1.165) is 38.6 Å². The summed E-state index contributed by atoms with van der Waals surface area (Å²) in [7, 11) is 0. The van der Waals surface area contributed by atoms with E-state index in [4.69, 9.17) is 4.84 Å². The van der Waals surface area contributed by atoms with E-state index in [1.165, 1.54) is 18.3 Å². The van der Waals surface area contributed by atoms with Gasteiger partial charge in [0, 0.05) is 55.8 Å². The van der Waals surface area contributed by atoms with Gasteiger partial charge in [-0.1, -0.05) is 24.3 Å². The molecule has 3 aromatic carbocycles. The van der Waals surface area contributed by atoms with Crippen molar-refractivity contribution in [3.8, 4) is 0 Å². The van der Waals surface area contributed by atoms with Crippen LogP contribution in [0.4, 0.5) is 5.69 Å². The van der Waals surface area contributed by atoms with Crippen molar-refractivity contribution in [2.24, 2.45) is 0 Å². The third-order valence-corrected chi connectivity index (χ3v) is 7.47. The molecule has 0 bridgehead atoms. The maximum Gasteiger partial charge on any atom is 0.329 e. The predicted molar refractivity (Wildman–Crippen MR) is 142 cm³/mol. The Hall–Kier alpha value is -3.97. The van der Waals surface area contributed by atoms with Crippen molar-refractivity contribution in [3.63, 3.8) is 0 Å². The summed E-state index contributed by atoms with van der Waals surface area (Å²) in [6, 6.07) is 17.1. The zero-order chi connectivity index (χ0) is 24.9. The first-order valence-electron chi connectivity index (χ1n) is 11.4. The molecule has 35 heavy (non-hydrogen) atoms. The van der Waals surface area contributed by atoms with E-state index in [0.29, 0.717) is 21.4 Å². The number of hydrogen-bond acceptors (Lipinski definition) is 6. The van der Waals surface area contributed by atoms with E-state index in [1.807, 2.05) is 68.4 Å². The zero-order valence-corrected chi connectivity index (χ0v) is 20.7. The van der Waals surface area contributed by atoms with E-state index in [2.05, 4.69) is 17.0 Å². The zero-order valence-electron chi connectivity index (χ0n) is 19.9. The Kier molecular flexibility index (Phi) is 5.65. The van der Waals surface area contributed by atoms with Crippen molar-refractivity contribution in [2.75, 3.05) is 5.48 Å². The minimum atomic E-state index is -0.527. The van der Waals surface area contributed by atoms with Crippen molar-refractivity contribution in [1.82, 2.24) is 4.57 Å². The molecule has 1 N–H and O–H groups in total. The number of hydrogen-bond donors (Lipinski definition) is 1. The normalized spacial score (nSPS) is 11.3. The molecule has 0 atom stereocenters. The monoisotopic (exact) mass is 484 g/mol. The number of aryl methyl sites for hydroxylation is 3. The summed E-state index contributed by atoms with van der Waals surface area (Å²) < 4.78 is 3.04. The van der Waals surface area contributed by atoms with Gasteiger partial charge in [0.25, 0.3) is 0 Å². The van der Waals surface area contributed by atoms with Gasteiger partial charge in [-0.3, -0.25) is 14.4 Å². The van der Waals surface area contributed by atoms with Gasteiger partial charge >= 0.3 is 5.97 Å². The number of fused-ring (bicyclic) bond motifs is 5. The number of ketones is 1. The van der Waals surface area contributed by atoms with Crippen molar-refractivity contribution >= 4 is 60.7 Å². The molecule has 5 rings (SSSR count). The fourth-order valence-electron chi connectivity index (χ4n) is 4.65. The molecule has 0 spiro atoms. The van der Waals surface area contributed by atoms with Crippen LogP contribution in [0.3, 0.4) is 0 Å². The molecule has 0 saturated heterocycles. The third-order valence-electron chi connectivity index (χ3n) is 6.33. The molecule has 2 heterocycles. The lowest BCUT2D eigenvalue weighted by Gasteiger charge is -2.09. The average Bonchev–Trinajstić information content (AvgIpc) is 3.16. The molecular formula is C28H24N2O4S. The molecule has 0 saturated carbocycles. The summed E-state index contributed by atoms with van der Waals surface area (Å²) >= 11 is 1.46. The molecule has 0 radical (unpaired) electrons. The number of carbonyl (C=O) groups is 2. The second-order valence-corrected chi connectivity index (χ2v) is 9.74. The maximum absolute atomic E-state index is 13.4. The van der Waals surface area contributed by atoms with Crippen molar-refractivity contribution < 1.29 is 14.4 Å². The summed E-state index contributed by atoms with van der Waals surface area (Å²) in [5.41, 5.74) is 6.78. The summed E-state index contributed by atoms with van der Waals surface area (Å²) in [6.45, 7) is 7.86. The van der Waals surface area contributed by atoms with E-state index in [-0.39, 0.29) is 16.9 Å². The topological polar surface area (TPSA) is 77.4 Å². The molecule has 176 valence electrons. The highest BCUT2D eigenvalue weighted by atomic mass is 32.1. The Morgan fingerprint density at radius 2 is 1.74 bits per heavy atom. The van der Waals surface area contributed by atoms with Crippen LogP contribution < -0.4 is 10.9 Å². The minimum absolute atomic E-state index is 0.0279. The summed E-state index contributed by atoms with van der Waals surface area (Å²) in [6.07, 6.45) is 0. The molecule has 7 heteroatoms. The quantitative estimate of drug-likeness (QED) is 0.240. The van der Waals surface area contributed by atoms with E-state index in [9.17, 15) is 14.4 Å². The highest BCUT2D eigenvalue weighted by Crippen LogP contribution is 2.38. The molecule has 0 aliphatic carbocycles. The minimum Gasteiger partial charge on any atom is -0.344 e. The number of benzene rings is 3.